The monoisotopic (exact) mass is 299 g/mol. The second-order valence-electron chi connectivity index (χ2n) is 4.65. The molecule has 1 aromatic heterocycles. The number of hydrogen-bond donors (Lipinski definition) is 0. The third kappa shape index (κ3) is 3.91. The lowest BCUT2D eigenvalue weighted by atomic mass is 10.1. The Labute approximate surface area is 128 Å². The Kier molecular flexibility index (Phi) is 5.25. The maximum Gasteiger partial charge on any atom is 0.344 e. The topological polar surface area (TPSA) is 65.5 Å². The third-order valence-electron chi connectivity index (χ3n) is 2.98. The number of aryl methyl sites for hydroxylation is 1. The van der Waals surface area contributed by atoms with Gasteiger partial charge >= 0.3 is 5.97 Å². The van der Waals surface area contributed by atoms with E-state index in [4.69, 9.17) is 9.47 Å². The summed E-state index contributed by atoms with van der Waals surface area (Å²) in [5, 5.41) is 0. The summed E-state index contributed by atoms with van der Waals surface area (Å²) in [6, 6.07) is 10.3. The zero-order chi connectivity index (χ0) is 15.9. The average Bonchev–Trinajstić information content (AvgIpc) is 2.54. The minimum atomic E-state index is -0.628. The van der Waals surface area contributed by atoms with Crippen LogP contribution in [0.25, 0.3) is 0 Å². The van der Waals surface area contributed by atoms with Gasteiger partial charge in [-0.1, -0.05) is 29.8 Å². The number of nitrogens with zero attached hydrogens (tertiary/aromatic N) is 1. The molecule has 5 nitrogen and oxygen atoms in total. The molecule has 0 bridgehead atoms. The summed E-state index contributed by atoms with van der Waals surface area (Å²) in [5.74, 6) is -0.676. The van der Waals surface area contributed by atoms with Crippen molar-refractivity contribution in [3.8, 4) is 5.88 Å². The van der Waals surface area contributed by atoms with Crippen LogP contribution in [-0.4, -0.2) is 30.0 Å². The van der Waals surface area contributed by atoms with Gasteiger partial charge in [0.2, 0.25) is 5.88 Å². The molecule has 0 unspecified atom stereocenters. The van der Waals surface area contributed by atoms with Crippen molar-refractivity contribution in [2.24, 2.45) is 0 Å². The summed E-state index contributed by atoms with van der Waals surface area (Å²) in [6.07, 6.45) is 1.53. The highest BCUT2D eigenvalue weighted by atomic mass is 16.5. The Bertz CT molecular complexity index is 665. The van der Waals surface area contributed by atoms with Gasteiger partial charge < -0.3 is 9.47 Å². The Morgan fingerprint density at radius 3 is 2.55 bits per heavy atom. The maximum atomic E-state index is 12.0. The number of ketones is 1. The summed E-state index contributed by atoms with van der Waals surface area (Å²) >= 11 is 0. The van der Waals surface area contributed by atoms with E-state index in [1.165, 1.54) is 6.20 Å². The van der Waals surface area contributed by atoms with Crippen molar-refractivity contribution >= 4 is 11.8 Å². The number of carbonyl (C=O) groups is 2. The van der Waals surface area contributed by atoms with Gasteiger partial charge in [-0.15, -0.1) is 0 Å². The first-order valence-corrected chi connectivity index (χ1v) is 6.96. The first-order chi connectivity index (χ1) is 10.6. The molecule has 2 rings (SSSR count). The third-order valence-corrected chi connectivity index (χ3v) is 2.98. The number of carbonyl (C=O) groups excluding carboxylic acids is 2. The molecule has 0 aliphatic carbocycles. The van der Waals surface area contributed by atoms with Gasteiger partial charge in [-0.05, 0) is 26.0 Å². The molecular formula is C17H17NO4. The van der Waals surface area contributed by atoms with Crippen molar-refractivity contribution in [3.63, 3.8) is 0 Å². The van der Waals surface area contributed by atoms with E-state index in [0.29, 0.717) is 12.2 Å². The Hall–Kier alpha value is -2.69. The van der Waals surface area contributed by atoms with E-state index in [1.54, 1.807) is 31.2 Å². The second kappa shape index (κ2) is 7.36. The molecule has 0 saturated carbocycles. The Balaban J connectivity index is 2.01. The van der Waals surface area contributed by atoms with Gasteiger partial charge in [0, 0.05) is 11.8 Å². The summed E-state index contributed by atoms with van der Waals surface area (Å²) in [4.78, 5) is 28.0. The molecule has 0 aliphatic rings. The van der Waals surface area contributed by atoms with Crippen LogP contribution in [0, 0.1) is 6.92 Å². The van der Waals surface area contributed by atoms with Crippen LogP contribution >= 0.6 is 0 Å². The van der Waals surface area contributed by atoms with Crippen LogP contribution in [0.3, 0.4) is 0 Å². The summed E-state index contributed by atoms with van der Waals surface area (Å²) in [6.45, 7) is 3.80. The van der Waals surface area contributed by atoms with E-state index < -0.39 is 5.97 Å². The van der Waals surface area contributed by atoms with Gasteiger partial charge in [-0.25, -0.2) is 9.78 Å². The van der Waals surface area contributed by atoms with E-state index in [-0.39, 0.29) is 23.8 Å². The molecular weight excluding hydrogens is 282 g/mol. The van der Waals surface area contributed by atoms with Gasteiger partial charge in [0.25, 0.3) is 0 Å². The molecule has 0 radical (unpaired) electrons. The van der Waals surface area contributed by atoms with Crippen molar-refractivity contribution < 1.29 is 19.1 Å². The van der Waals surface area contributed by atoms with E-state index in [2.05, 4.69) is 4.98 Å². The van der Waals surface area contributed by atoms with Crippen molar-refractivity contribution in [3.05, 3.63) is 59.3 Å². The van der Waals surface area contributed by atoms with E-state index in [0.717, 1.165) is 5.56 Å². The maximum absolute atomic E-state index is 12.0. The number of hydrogen-bond acceptors (Lipinski definition) is 5. The molecule has 0 amide bonds. The second-order valence-corrected chi connectivity index (χ2v) is 4.65. The van der Waals surface area contributed by atoms with Crippen molar-refractivity contribution in [2.45, 2.75) is 13.8 Å². The number of Topliss-reactive ketones (excluding diaryl/α,β-unsaturated/α-hetero) is 1. The molecule has 5 heteroatoms. The Morgan fingerprint density at radius 1 is 1.14 bits per heavy atom. The van der Waals surface area contributed by atoms with Crippen LogP contribution < -0.4 is 4.74 Å². The van der Waals surface area contributed by atoms with Gasteiger partial charge in [0.15, 0.2) is 12.4 Å². The fourth-order valence-electron chi connectivity index (χ4n) is 1.83. The molecule has 0 aliphatic heterocycles. The molecule has 114 valence electrons. The van der Waals surface area contributed by atoms with Gasteiger partial charge in [-0.3, -0.25) is 4.79 Å². The molecule has 2 aromatic rings. The predicted molar refractivity (Wildman–Crippen MR) is 81.2 cm³/mol. The lowest BCUT2D eigenvalue weighted by molar-refractivity contribution is 0.0470. The SMILES string of the molecule is CCOc1ncccc1C(=O)OCC(=O)c1ccc(C)cc1. The highest BCUT2D eigenvalue weighted by molar-refractivity contribution is 5.99. The fourth-order valence-corrected chi connectivity index (χ4v) is 1.83. The van der Waals surface area contributed by atoms with Crippen LogP contribution in [0.5, 0.6) is 5.88 Å². The van der Waals surface area contributed by atoms with E-state index in [9.17, 15) is 9.59 Å². The molecule has 0 fully saturated rings. The number of aromatic nitrogens is 1. The van der Waals surface area contributed by atoms with Crippen LogP contribution in [0.1, 0.15) is 33.2 Å². The highest BCUT2D eigenvalue weighted by Crippen LogP contribution is 2.15. The predicted octanol–water partition coefficient (Wildman–Crippen LogP) is 2.83. The molecule has 1 heterocycles. The van der Waals surface area contributed by atoms with Crippen LogP contribution in [-0.2, 0) is 4.74 Å². The van der Waals surface area contributed by atoms with Gasteiger partial charge in [0.05, 0.1) is 6.61 Å². The average molecular weight is 299 g/mol. The quantitative estimate of drug-likeness (QED) is 0.606. The smallest absolute Gasteiger partial charge is 0.344 e. The Morgan fingerprint density at radius 2 is 1.86 bits per heavy atom. The minimum absolute atomic E-state index is 0.206. The molecule has 0 atom stereocenters. The molecule has 0 saturated heterocycles. The van der Waals surface area contributed by atoms with Crippen LogP contribution in [0.2, 0.25) is 0 Å². The number of ether oxygens (including phenoxy) is 2. The minimum Gasteiger partial charge on any atom is -0.477 e. The van der Waals surface area contributed by atoms with Crippen LogP contribution in [0.15, 0.2) is 42.6 Å². The van der Waals surface area contributed by atoms with Crippen molar-refractivity contribution in [1.29, 1.82) is 0 Å². The fraction of sp³-hybridized carbons (Fsp3) is 0.235. The summed E-state index contributed by atoms with van der Waals surface area (Å²) in [5.41, 5.74) is 1.78. The standard InChI is InChI=1S/C17H17NO4/c1-3-21-16-14(5-4-10-18-16)17(20)22-11-15(19)13-8-6-12(2)7-9-13/h4-10H,3,11H2,1-2H3. The number of rotatable bonds is 6. The number of pyridine rings is 1. The van der Waals surface area contributed by atoms with E-state index in [1.807, 2.05) is 19.1 Å². The molecule has 0 spiro atoms. The molecule has 1 aromatic carbocycles. The largest absolute Gasteiger partial charge is 0.477 e. The first-order valence-electron chi connectivity index (χ1n) is 6.96. The lowest BCUT2D eigenvalue weighted by Gasteiger charge is -2.08. The van der Waals surface area contributed by atoms with Gasteiger partial charge in [0.1, 0.15) is 5.56 Å². The first kappa shape index (κ1) is 15.7. The van der Waals surface area contributed by atoms with E-state index >= 15 is 0 Å². The summed E-state index contributed by atoms with van der Waals surface area (Å²) < 4.78 is 10.3. The zero-order valence-electron chi connectivity index (χ0n) is 12.5. The van der Waals surface area contributed by atoms with Crippen LogP contribution in [0.4, 0.5) is 0 Å². The highest BCUT2D eigenvalue weighted by Gasteiger charge is 2.16. The molecule has 22 heavy (non-hydrogen) atoms. The zero-order valence-corrected chi connectivity index (χ0v) is 12.5. The number of benzene rings is 1. The van der Waals surface area contributed by atoms with Crippen molar-refractivity contribution in [1.82, 2.24) is 4.98 Å². The van der Waals surface area contributed by atoms with Gasteiger partial charge in [-0.2, -0.15) is 0 Å². The summed E-state index contributed by atoms with van der Waals surface area (Å²) in [7, 11) is 0. The molecule has 0 N–H and O–H groups in total. The normalized spacial score (nSPS) is 10.1. The lowest BCUT2D eigenvalue weighted by Crippen LogP contribution is -2.15. The number of esters is 1. The van der Waals surface area contributed by atoms with Crippen molar-refractivity contribution in [2.75, 3.05) is 13.2 Å².